The minimum absolute atomic E-state index is 0.265. The first-order chi connectivity index (χ1) is 9.79. The molecule has 0 fully saturated rings. The Bertz CT molecular complexity index is 798. The molecule has 0 radical (unpaired) electrons. The first kappa shape index (κ1) is 15.1. The van der Waals surface area contributed by atoms with Gasteiger partial charge in [-0.1, -0.05) is 0 Å². The number of imidazole rings is 1. The second-order valence-electron chi connectivity index (χ2n) is 4.96. The molecule has 0 bridgehead atoms. The quantitative estimate of drug-likeness (QED) is 0.779. The first-order valence-corrected chi connectivity index (χ1v) is 9.74. The minimum Gasteiger partial charge on any atom is -0.322 e. The summed E-state index contributed by atoms with van der Waals surface area (Å²) in [7, 11) is -3.24. The summed E-state index contributed by atoms with van der Waals surface area (Å²) in [6.07, 6.45) is 1.23. The average molecular weight is 392 g/mol. The molecule has 0 saturated heterocycles. The van der Waals surface area contributed by atoms with E-state index >= 15 is 0 Å². The van der Waals surface area contributed by atoms with Crippen LogP contribution in [0.25, 0.3) is 10.8 Å². The van der Waals surface area contributed by atoms with Crippen LogP contribution >= 0.6 is 27.5 Å². The molecule has 0 aromatic carbocycles. The molecule has 10 heteroatoms. The van der Waals surface area contributed by atoms with Crippen LogP contribution in [-0.4, -0.2) is 44.4 Å². The van der Waals surface area contributed by atoms with E-state index in [9.17, 15) is 8.42 Å². The van der Waals surface area contributed by atoms with Crippen molar-refractivity contribution in [2.24, 2.45) is 0 Å². The Hall–Kier alpha value is -0.840. The average Bonchev–Trinajstić information content (AvgIpc) is 2.93. The molecule has 114 valence electrons. The van der Waals surface area contributed by atoms with Crippen LogP contribution in [0.15, 0.2) is 4.60 Å². The first-order valence-electron chi connectivity index (χ1n) is 6.32. The lowest BCUT2D eigenvalue weighted by Crippen LogP contribution is -2.40. The van der Waals surface area contributed by atoms with Gasteiger partial charge in [-0.2, -0.15) is 8.68 Å². The van der Waals surface area contributed by atoms with Crippen LogP contribution in [0.5, 0.6) is 0 Å². The summed E-state index contributed by atoms with van der Waals surface area (Å²) in [4.78, 5) is 8.88. The largest absolute Gasteiger partial charge is 0.322 e. The van der Waals surface area contributed by atoms with Crippen molar-refractivity contribution in [3.63, 3.8) is 0 Å². The van der Waals surface area contributed by atoms with Crippen molar-refractivity contribution >= 4 is 37.5 Å². The van der Waals surface area contributed by atoms with Crippen molar-refractivity contribution in [1.82, 2.24) is 23.2 Å². The lowest BCUT2D eigenvalue weighted by atomic mass is 10.2. The highest BCUT2D eigenvalue weighted by Gasteiger charge is 2.34. The monoisotopic (exact) mass is 391 g/mol. The van der Waals surface area contributed by atoms with E-state index < -0.39 is 10.0 Å². The number of fused-ring (bicyclic) bond motifs is 1. The van der Waals surface area contributed by atoms with E-state index in [1.807, 2.05) is 18.4 Å². The van der Waals surface area contributed by atoms with E-state index in [4.69, 9.17) is 0 Å². The summed E-state index contributed by atoms with van der Waals surface area (Å²) >= 11 is 4.74. The van der Waals surface area contributed by atoms with Crippen molar-refractivity contribution in [3.8, 4) is 10.8 Å². The number of rotatable bonds is 2. The van der Waals surface area contributed by atoms with Gasteiger partial charge in [0.2, 0.25) is 10.0 Å². The zero-order chi connectivity index (χ0) is 15.4. The van der Waals surface area contributed by atoms with Crippen LogP contribution in [0, 0.1) is 6.92 Å². The number of nitrogens with zero attached hydrogens (tertiary/aromatic N) is 5. The van der Waals surface area contributed by atoms with Crippen LogP contribution in [0.2, 0.25) is 0 Å². The molecule has 2 aromatic rings. The maximum absolute atomic E-state index is 11.9. The number of halogens is 1. The van der Waals surface area contributed by atoms with Gasteiger partial charge >= 0.3 is 0 Å². The molecule has 3 rings (SSSR count). The Morgan fingerprint density at radius 3 is 2.62 bits per heavy atom. The van der Waals surface area contributed by atoms with Crippen LogP contribution in [0.1, 0.15) is 24.5 Å². The topological polar surface area (TPSA) is 81.0 Å². The lowest BCUT2D eigenvalue weighted by molar-refractivity contribution is 0.284. The summed E-state index contributed by atoms with van der Waals surface area (Å²) in [6, 6.07) is -0.265. The number of sulfonamides is 1. The molecule has 0 N–H and O–H groups in total. The van der Waals surface area contributed by atoms with E-state index in [2.05, 4.69) is 30.3 Å². The molecular weight excluding hydrogens is 378 g/mol. The van der Waals surface area contributed by atoms with Gasteiger partial charge in [0.15, 0.2) is 10.8 Å². The Morgan fingerprint density at radius 1 is 1.33 bits per heavy atom. The maximum Gasteiger partial charge on any atom is 0.211 e. The van der Waals surface area contributed by atoms with Crippen LogP contribution in [0.3, 0.4) is 0 Å². The van der Waals surface area contributed by atoms with Crippen molar-refractivity contribution in [2.45, 2.75) is 26.4 Å². The van der Waals surface area contributed by atoms with Crippen LogP contribution < -0.4 is 0 Å². The smallest absolute Gasteiger partial charge is 0.211 e. The molecule has 1 aliphatic rings. The van der Waals surface area contributed by atoms with Crippen LogP contribution in [-0.2, 0) is 16.6 Å². The van der Waals surface area contributed by atoms with Gasteiger partial charge in [0.05, 0.1) is 18.0 Å². The van der Waals surface area contributed by atoms with Crippen molar-refractivity contribution in [2.75, 3.05) is 12.8 Å². The third-order valence-corrected chi connectivity index (χ3v) is 6.22. The van der Waals surface area contributed by atoms with E-state index in [-0.39, 0.29) is 6.04 Å². The van der Waals surface area contributed by atoms with Gasteiger partial charge in [0.1, 0.15) is 10.4 Å². The molecule has 0 saturated carbocycles. The van der Waals surface area contributed by atoms with E-state index in [1.54, 1.807) is 0 Å². The van der Waals surface area contributed by atoms with Gasteiger partial charge in [-0.25, -0.2) is 18.4 Å². The second kappa shape index (κ2) is 5.11. The maximum atomic E-state index is 11.9. The van der Waals surface area contributed by atoms with Gasteiger partial charge in [-0.3, -0.25) is 0 Å². The summed E-state index contributed by atoms with van der Waals surface area (Å²) in [5.41, 5.74) is 0.856. The molecule has 0 amide bonds. The summed E-state index contributed by atoms with van der Waals surface area (Å²) in [5.74, 6) is 1.45. The van der Waals surface area contributed by atoms with Crippen LogP contribution in [0.4, 0.5) is 0 Å². The number of aromatic nitrogens is 4. The second-order valence-corrected chi connectivity index (χ2v) is 8.40. The molecule has 3 heterocycles. The summed E-state index contributed by atoms with van der Waals surface area (Å²) in [5, 5.41) is 0.749. The Morgan fingerprint density at radius 2 is 2.05 bits per heavy atom. The van der Waals surface area contributed by atoms with Crippen molar-refractivity contribution in [1.29, 1.82) is 0 Å². The fourth-order valence-electron chi connectivity index (χ4n) is 2.59. The van der Waals surface area contributed by atoms with Gasteiger partial charge in [0.25, 0.3) is 0 Å². The fraction of sp³-hybridized carbons (Fsp3) is 0.545. The molecular formula is C11H14BrN5O2S2. The molecule has 21 heavy (non-hydrogen) atoms. The predicted molar refractivity (Wildman–Crippen MR) is 83.5 cm³/mol. The van der Waals surface area contributed by atoms with E-state index in [1.165, 1.54) is 22.1 Å². The molecule has 1 unspecified atom stereocenters. The van der Waals surface area contributed by atoms with E-state index in [0.29, 0.717) is 23.5 Å². The molecule has 2 aromatic heterocycles. The highest BCUT2D eigenvalue weighted by Crippen LogP contribution is 2.36. The molecule has 0 spiro atoms. The standard InChI is InChI=1S/C11H14BrN5O2S2/c1-6-8-9(12)14-10(11-13-7(2)15-20-11)16(8)4-5-17(6)21(3,18)19/h6H,4-5H2,1-3H3. The Labute approximate surface area is 135 Å². The number of hydrogen-bond donors (Lipinski definition) is 0. The predicted octanol–water partition coefficient (Wildman–Crippen LogP) is 1.81. The number of aryl methyl sites for hydroxylation is 1. The summed E-state index contributed by atoms with van der Waals surface area (Å²) in [6.45, 7) is 4.69. The third-order valence-electron chi connectivity index (χ3n) is 3.48. The number of hydrogen-bond acceptors (Lipinski definition) is 6. The highest BCUT2D eigenvalue weighted by molar-refractivity contribution is 9.10. The Kier molecular flexibility index (Phi) is 3.67. The highest BCUT2D eigenvalue weighted by atomic mass is 79.9. The minimum atomic E-state index is -3.24. The molecule has 7 nitrogen and oxygen atoms in total. The molecule has 1 atom stereocenters. The van der Waals surface area contributed by atoms with Gasteiger partial charge < -0.3 is 4.57 Å². The van der Waals surface area contributed by atoms with Gasteiger partial charge in [0, 0.05) is 13.1 Å². The molecule has 1 aliphatic heterocycles. The van der Waals surface area contributed by atoms with E-state index in [0.717, 1.165) is 16.5 Å². The fourth-order valence-corrected chi connectivity index (χ4v) is 5.06. The zero-order valence-corrected chi connectivity index (χ0v) is 15.0. The summed E-state index contributed by atoms with van der Waals surface area (Å²) < 4.78 is 32.1. The van der Waals surface area contributed by atoms with Crippen molar-refractivity contribution in [3.05, 3.63) is 16.1 Å². The molecule has 0 aliphatic carbocycles. The lowest BCUT2D eigenvalue weighted by Gasteiger charge is -2.33. The zero-order valence-electron chi connectivity index (χ0n) is 11.7. The van der Waals surface area contributed by atoms with Gasteiger partial charge in [-0.15, -0.1) is 0 Å². The normalized spacial score (nSPS) is 19.7. The Balaban J connectivity index is 2.11. The SMILES string of the molecule is Cc1nsc(-c2nc(Br)c3n2CCN(S(C)(=O)=O)C3C)n1. The van der Waals surface area contributed by atoms with Gasteiger partial charge in [-0.05, 0) is 41.3 Å². The third kappa shape index (κ3) is 2.54. The van der Waals surface area contributed by atoms with Crippen molar-refractivity contribution < 1.29 is 8.42 Å².